The van der Waals surface area contributed by atoms with Crippen LogP contribution in [-0.4, -0.2) is 42.2 Å². The highest BCUT2D eigenvalue weighted by Gasteiger charge is 2.18. The normalized spacial score (nSPS) is 11.0. The van der Waals surface area contributed by atoms with Crippen molar-refractivity contribution in [1.82, 2.24) is 23.7 Å². The first-order valence-electron chi connectivity index (χ1n) is 8.48. The zero-order chi connectivity index (χ0) is 22.2. The van der Waals surface area contributed by atoms with Gasteiger partial charge in [0.25, 0.3) is 11.5 Å². The van der Waals surface area contributed by atoms with E-state index in [1.54, 1.807) is 6.92 Å². The van der Waals surface area contributed by atoms with Gasteiger partial charge < -0.3 is 14.6 Å². The Morgan fingerprint density at radius 2 is 1.87 bits per heavy atom. The van der Waals surface area contributed by atoms with Crippen molar-refractivity contribution >= 4 is 52.1 Å². The fraction of sp³-hybridized carbons (Fsp3) is 0.294. The van der Waals surface area contributed by atoms with Crippen LogP contribution in [0.3, 0.4) is 0 Å². The van der Waals surface area contributed by atoms with E-state index < -0.39 is 29.7 Å². The van der Waals surface area contributed by atoms with Crippen molar-refractivity contribution in [3.8, 4) is 0 Å². The van der Waals surface area contributed by atoms with Gasteiger partial charge in [-0.25, -0.2) is 14.8 Å². The largest absolute Gasteiger partial charge is 0.454 e. The molecule has 0 saturated heterocycles. The lowest BCUT2D eigenvalue weighted by molar-refractivity contribution is -0.147. The van der Waals surface area contributed by atoms with Crippen LogP contribution in [0, 0.1) is 6.92 Å². The molecule has 0 spiro atoms. The summed E-state index contributed by atoms with van der Waals surface area (Å²) in [7, 11) is 2.78. The highest BCUT2D eigenvalue weighted by molar-refractivity contribution is 6.37. The first-order valence-corrected chi connectivity index (χ1v) is 9.24. The summed E-state index contributed by atoms with van der Waals surface area (Å²) >= 11 is 12.0. The molecule has 0 aromatic carbocycles. The predicted octanol–water partition coefficient (Wildman–Crippen LogP) is 0.626. The number of anilines is 1. The van der Waals surface area contributed by atoms with Crippen LogP contribution in [0.15, 0.2) is 22.1 Å². The minimum atomic E-state index is -0.785. The molecule has 3 rings (SSSR count). The number of ether oxygens (including phenoxy) is 1. The van der Waals surface area contributed by atoms with Crippen LogP contribution in [0.4, 0.5) is 5.82 Å². The van der Waals surface area contributed by atoms with Gasteiger partial charge in [0, 0.05) is 20.3 Å². The summed E-state index contributed by atoms with van der Waals surface area (Å²) in [5, 5.41) is 2.95. The maximum atomic E-state index is 12.4. The molecule has 3 aromatic heterocycles. The number of amides is 1. The molecular formula is C17H16Cl2N6O5. The van der Waals surface area contributed by atoms with Crippen molar-refractivity contribution in [3.05, 3.63) is 49.0 Å². The van der Waals surface area contributed by atoms with E-state index in [0.29, 0.717) is 10.6 Å². The monoisotopic (exact) mass is 454 g/mol. The summed E-state index contributed by atoms with van der Waals surface area (Å²) in [6, 6.07) is 0. The van der Waals surface area contributed by atoms with E-state index in [1.807, 2.05) is 0 Å². The van der Waals surface area contributed by atoms with E-state index >= 15 is 0 Å². The minimum Gasteiger partial charge on any atom is -0.454 e. The summed E-state index contributed by atoms with van der Waals surface area (Å²) in [5.74, 6) is -1.36. The third-order valence-electron chi connectivity index (χ3n) is 4.34. The smallest absolute Gasteiger partial charge is 0.332 e. The Bertz CT molecular complexity index is 1290. The van der Waals surface area contributed by atoms with Crippen LogP contribution in [0.2, 0.25) is 10.0 Å². The second kappa shape index (κ2) is 8.28. The van der Waals surface area contributed by atoms with E-state index in [9.17, 15) is 19.2 Å². The molecule has 3 aromatic rings. The SMILES string of the molecule is Cc1c(Cl)cnc(NC(=O)COC(=O)Cn2cnc3c2c(=O)n(C)c(=O)n3C)c1Cl. The standard InChI is InChI=1S/C17H16Cl2N6O5/c1-8-9(18)4-20-14(12(8)19)22-10(26)6-30-11(27)5-25-7-21-15-13(25)16(28)24(3)17(29)23(15)2/h4,7H,5-6H2,1-3H3,(H,20,22,26). The van der Waals surface area contributed by atoms with E-state index in [1.165, 1.54) is 35.8 Å². The second-order valence-electron chi connectivity index (χ2n) is 6.35. The van der Waals surface area contributed by atoms with Crippen LogP contribution in [0.25, 0.3) is 11.2 Å². The molecule has 0 fully saturated rings. The zero-order valence-corrected chi connectivity index (χ0v) is 17.6. The molecular weight excluding hydrogens is 439 g/mol. The molecule has 13 heteroatoms. The number of nitrogens with one attached hydrogen (secondary N) is 1. The Morgan fingerprint density at radius 1 is 1.17 bits per heavy atom. The molecule has 0 aliphatic rings. The van der Waals surface area contributed by atoms with Crippen LogP contribution < -0.4 is 16.6 Å². The highest BCUT2D eigenvalue weighted by Crippen LogP contribution is 2.28. The van der Waals surface area contributed by atoms with Gasteiger partial charge in [0.15, 0.2) is 23.6 Å². The lowest BCUT2D eigenvalue weighted by Crippen LogP contribution is -2.37. The number of aryl methyl sites for hydroxylation is 1. The number of esters is 1. The van der Waals surface area contributed by atoms with Crippen LogP contribution >= 0.6 is 23.2 Å². The van der Waals surface area contributed by atoms with E-state index in [4.69, 9.17) is 27.9 Å². The first kappa shape index (κ1) is 21.5. The average Bonchev–Trinajstić information content (AvgIpc) is 3.13. The number of carbonyl (C=O) groups is 2. The summed E-state index contributed by atoms with van der Waals surface area (Å²) in [5.41, 5.74) is -0.402. The highest BCUT2D eigenvalue weighted by atomic mass is 35.5. The van der Waals surface area contributed by atoms with Gasteiger partial charge in [-0.1, -0.05) is 23.2 Å². The van der Waals surface area contributed by atoms with Crippen LogP contribution in [-0.2, 0) is 35.0 Å². The van der Waals surface area contributed by atoms with Gasteiger partial charge in [0.1, 0.15) is 6.54 Å². The van der Waals surface area contributed by atoms with Gasteiger partial charge in [-0.2, -0.15) is 0 Å². The third-order valence-corrected chi connectivity index (χ3v) is 5.18. The third kappa shape index (κ3) is 3.94. The van der Waals surface area contributed by atoms with E-state index in [2.05, 4.69) is 15.3 Å². The van der Waals surface area contributed by atoms with Crippen LogP contribution in [0.1, 0.15) is 5.56 Å². The van der Waals surface area contributed by atoms with Crippen molar-refractivity contribution < 1.29 is 14.3 Å². The molecule has 30 heavy (non-hydrogen) atoms. The molecule has 0 saturated carbocycles. The maximum absolute atomic E-state index is 12.4. The fourth-order valence-electron chi connectivity index (χ4n) is 2.66. The van der Waals surface area contributed by atoms with Crippen molar-refractivity contribution in [2.75, 3.05) is 11.9 Å². The summed E-state index contributed by atoms with van der Waals surface area (Å²) < 4.78 is 8.29. The summed E-state index contributed by atoms with van der Waals surface area (Å²) in [4.78, 5) is 56.4. The quantitative estimate of drug-likeness (QED) is 0.559. The number of hydrogen-bond donors (Lipinski definition) is 1. The molecule has 0 radical (unpaired) electrons. The summed E-state index contributed by atoms with van der Waals surface area (Å²) in [6.45, 7) is 0.690. The average molecular weight is 455 g/mol. The topological polar surface area (TPSA) is 130 Å². The Labute approximate surface area is 178 Å². The number of nitrogens with zero attached hydrogens (tertiary/aromatic N) is 5. The lowest BCUT2D eigenvalue weighted by atomic mass is 10.3. The summed E-state index contributed by atoms with van der Waals surface area (Å²) in [6.07, 6.45) is 2.58. The molecule has 11 nitrogen and oxygen atoms in total. The van der Waals surface area contributed by atoms with Gasteiger partial charge in [0.05, 0.1) is 16.4 Å². The zero-order valence-electron chi connectivity index (χ0n) is 16.1. The molecule has 0 atom stereocenters. The number of rotatable bonds is 5. The molecule has 0 bridgehead atoms. The Balaban J connectivity index is 1.68. The van der Waals surface area contributed by atoms with Crippen molar-refractivity contribution in [3.63, 3.8) is 0 Å². The van der Waals surface area contributed by atoms with Crippen molar-refractivity contribution in [1.29, 1.82) is 0 Å². The lowest BCUT2D eigenvalue weighted by Gasteiger charge is -2.10. The molecule has 1 amide bonds. The number of carbonyl (C=O) groups excluding carboxylic acids is 2. The molecule has 1 N–H and O–H groups in total. The second-order valence-corrected chi connectivity index (χ2v) is 7.14. The Kier molecular flexibility index (Phi) is 5.94. The first-order chi connectivity index (χ1) is 14.1. The number of aromatic nitrogens is 5. The molecule has 3 heterocycles. The molecule has 158 valence electrons. The van der Waals surface area contributed by atoms with E-state index in [-0.39, 0.29) is 28.5 Å². The number of halogens is 2. The van der Waals surface area contributed by atoms with Gasteiger partial charge in [0.2, 0.25) is 0 Å². The Morgan fingerprint density at radius 3 is 2.57 bits per heavy atom. The number of imidazole rings is 1. The van der Waals surface area contributed by atoms with Crippen molar-refractivity contribution in [2.24, 2.45) is 14.1 Å². The van der Waals surface area contributed by atoms with E-state index in [0.717, 1.165) is 4.57 Å². The molecule has 0 unspecified atom stereocenters. The van der Waals surface area contributed by atoms with Gasteiger partial charge in [-0.3, -0.25) is 23.5 Å². The number of fused-ring (bicyclic) bond motifs is 1. The van der Waals surface area contributed by atoms with Crippen LogP contribution in [0.5, 0.6) is 0 Å². The predicted molar refractivity (Wildman–Crippen MR) is 109 cm³/mol. The van der Waals surface area contributed by atoms with Gasteiger partial charge in [-0.15, -0.1) is 0 Å². The number of pyridine rings is 1. The van der Waals surface area contributed by atoms with Crippen molar-refractivity contribution in [2.45, 2.75) is 13.5 Å². The fourth-order valence-corrected chi connectivity index (χ4v) is 3.05. The molecule has 0 aliphatic carbocycles. The maximum Gasteiger partial charge on any atom is 0.332 e. The molecule has 0 aliphatic heterocycles. The Hall–Kier alpha value is -3.18. The minimum absolute atomic E-state index is 0.0635. The number of hydrogen-bond acceptors (Lipinski definition) is 7. The van der Waals surface area contributed by atoms with Gasteiger partial charge >= 0.3 is 11.7 Å². The van der Waals surface area contributed by atoms with Gasteiger partial charge in [-0.05, 0) is 12.5 Å².